The minimum Gasteiger partial charge on any atom is -0.507 e. The molecule has 7 nitrogen and oxygen atoms in total. The number of para-hydroxylation sites is 1. The van der Waals surface area contributed by atoms with Crippen LogP contribution in [0.1, 0.15) is 22.8 Å². The van der Waals surface area contributed by atoms with E-state index in [9.17, 15) is 18.3 Å². The van der Waals surface area contributed by atoms with Crippen LogP contribution in [0.4, 0.5) is 5.69 Å². The molecule has 0 atom stereocenters. The Hall–Kier alpha value is -3.65. The van der Waals surface area contributed by atoms with Crippen molar-refractivity contribution in [3.63, 3.8) is 0 Å². The number of hydrogen-bond donors (Lipinski definition) is 3. The van der Waals surface area contributed by atoms with Gasteiger partial charge in [0.05, 0.1) is 16.2 Å². The van der Waals surface area contributed by atoms with E-state index in [1.54, 1.807) is 61.5 Å². The zero-order chi connectivity index (χ0) is 20.9. The fraction of sp³-hybridized carbons (Fsp3) is 0.0476. The Morgan fingerprint density at radius 2 is 1.62 bits per heavy atom. The second kappa shape index (κ2) is 8.57. The summed E-state index contributed by atoms with van der Waals surface area (Å²) in [6, 6.07) is 20.9. The van der Waals surface area contributed by atoms with E-state index in [1.165, 1.54) is 24.3 Å². The normalized spacial score (nSPS) is 11.7. The summed E-state index contributed by atoms with van der Waals surface area (Å²) >= 11 is 0. The third kappa shape index (κ3) is 4.99. The smallest absolute Gasteiger partial charge is 0.275 e. The van der Waals surface area contributed by atoms with E-state index in [2.05, 4.69) is 15.2 Å². The number of hydrogen-bond acceptors (Lipinski definition) is 5. The van der Waals surface area contributed by atoms with Gasteiger partial charge in [-0.05, 0) is 48.9 Å². The Balaban J connectivity index is 1.76. The van der Waals surface area contributed by atoms with E-state index in [-0.39, 0.29) is 16.2 Å². The van der Waals surface area contributed by atoms with E-state index in [4.69, 9.17) is 0 Å². The Bertz CT molecular complexity index is 1160. The van der Waals surface area contributed by atoms with Crippen molar-refractivity contribution in [1.82, 2.24) is 5.43 Å². The lowest BCUT2D eigenvalue weighted by Gasteiger charge is -2.10. The number of carbonyl (C=O) groups is 1. The van der Waals surface area contributed by atoms with Crippen molar-refractivity contribution in [3.05, 3.63) is 90.0 Å². The number of benzene rings is 3. The van der Waals surface area contributed by atoms with Crippen LogP contribution in [-0.4, -0.2) is 25.1 Å². The van der Waals surface area contributed by atoms with E-state index in [0.29, 0.717) is 17.0 Å². The fourth-order valence-electron chi connectivity index (χ4n) is 2.55. The van der Waals surface area contributed by atoms with Gasteiger partial charge in [0.25, 0.3) is 15.9 Å². The molecule has 0 bridgehead atoms. The van der Waals surface area contributed by atoms with Gasteiger partial charge < -0.3 is 5.11 Å². The molecule has 0 spiro atoms. The molecule has 3 aromatic rings. The number of carbonyl (C=O) groups excluding carboxylic acids is 1. The van der Waals surface area contributed by atoms with Crippen LogP contribution < -0.4 is 10.1 Å². The van der Waals surface area contributed by atoms with Crippen LogP contribution in [0.2, 0.25) is 0 Å². The maximum Gasteiger partial charge on any atom is 0.275 e. The summed E-state index contributed by atoms with van der Waals surface area (Å²) in [6.07, 6.45) is 0. The molecular formula is C21H19N3O4S. The van der Waals surface area contributed by atoms with Crippen LogP contribution in [-0.2, 0) is 10.0 Å². The van der Waals surface area contributed by atoms with Gasteiger partial charge in [-0.25, -0.2) is 13.8 Å². The number of nitrogens with one attached hydrogen (secondary N) is 2. The van der Waals surface area contributed by atoms with Gasteiger partial charge in [0.1, 0.15) is 5.75 Å². The second-order valence-corrected chi connectivity index (χ2v) is 7.84. The van der Waals surface area contributed by atoms with Gasteiger partial charge in [0, 0.05) is 5.69 Å². The highest BCUT2D eigenvalue weighted by Crippen LogP contribution is 2.18. The number of phenolic OH excluding ortho intramolecular Hbond substituents is 1. The van der Waals surface area contributed by atoms with Crippen LogP contribution >= 0.6 is 0 Å². The first-order chi connectivity index (χ1) is 13.9. The highest BCUT2D eigenvalue weighted by molar-refractivity contribution is 7.92. The van der Waals surface area contributed by atoms with Crippen LogP contribution in [0, 0.1) is 0 Å². The highest BCUT2D eigenvalue weighted by atomic mass is 32.2. The van der Waals surface area contributed by atoms with Gasteiger partial charge in [-0.1, -0.05) is 42.5 Å². The molecule has 0 aromatic heterocycles. The highest BCUT2D eigenvalue weighted by Gasteiger charge is 2.14. The number of sulfonamides is 1. The monoisotopic (exact) mass is 409 g/mol. The van der Waals surface area contributed by atoms with Crippen molar-refractivity contribution in [2.24, 2.45) is 5.10 Å². The predicted molar refractivity (Wildman–Crippen MR) is 111 cm³/mol. The maximum atomic E-state index is 12.5. The van der Waals surface area contributed by atoms with Gasteiger partial charge in [-0.15, -0.1) is 0 Å². The summed E-state index contributed by atoms with van der Waals surface area (Å²) in [7, 11) is -3.71. The molecule has 0 saturated carbocycles. The number of aromatic hydroxyl groups is 1. The molecule has 1 amide bonds. The zero-order valence-electron chi connectivity index (χ0n) is 15.5. The molecule has 3 aromatic carbocycles. The maximum absolute atomic E-state index is 12.5. The minimum atomic E-state index is -3.71. The molecule has 0 radical (unpaired) electrons. The lowest BCUT2D eigenvalue weighted by atomic mass is 10.1. The average Bonchev–Trinajstić information content (AvgIpc) is 2.72. The fourth-order valence-corrected chi connectivity index (χ4v) is 3.62. The Morgan fingerprint density at radius 3 is 2.34 bits per heavy atom. The predicted octanol–water partition coefficient (Wildman–Crippen LogP) is 3.35. The third-order valence-corrected chi connectivity index (χ3v) is 5.46. The van der Waals surface area contributed by atoms with Crippen LogP contribution in [0.15, 0.2) is 88.9 Å². The topological polar surface area (TPSA) is 108 Å². The van der Waals surface area contributed by atoms with Crippen molar-refractivity contribution in [3.8, 4) is 5.75 Å². The van der Waals surface area contributed by atoms with Crippen molar-refractivity contribution in [1.29, 1.82) is 0 Å². The van der Waals surface area contributed by atoms with E-state index in [1.807, 2.05) is 0 Å². The number of rotatable bonds is 6. The number of phenols is 1. The Labute approximate surface area is 168 Å². The van der Waals surface area contributed by atoms with Gasteiger partial charge in [0.2, 0.25) is 0 Å². The Morgan fingerprint density at radius 1 is 0.931 bits per heavy atom. The van der Waals surface area contributed by atoms with Crippen molar-refractivity contribution >= 4 is 27.3 Å². The summed E-state index contributed by atoms with van der Waals surface area (Å²) in [5.41, 5.74) is 3.94. The summed E-state index contributed by atoms with van der Waals surface area (Å²) in [4.78, 5) is 12.3. The molecule has 0 aliphatic rings. The van der Waals surface area contributed by atoms with E-state index >= 15 is 0 Å². The minimum absolute atomic E-state index is 0.105. The van der Waals surface area contributed by atoms with Gasteiger partial charge >= 0.3 is 0 Å². The first-order valence-electron chi connectivity index (χ1n) is 8.68. The van der Waals surface area contributed by atoms with Crippen LogP contribution in [0.25, 0.3) is 0 Å². The molecule has 8 heteroatoms. The molecule has 3 N–H and O–H groups in total. The molecule has 0 unspecified atom stereocenters. The lowest BCUT2D eigenvalue weighted by molar-refractivity contribution is 0.0952. The molecule has 0 aliphatic heterocycles. The molecule has 0 saturated heterocycles. The van der Waals surface area contributed by atoms with Gasteiger partial charge in [-0.2, -0.15) is 5.10 Å². The van der Waals surface area contributed by atoms with E-state index < -0.39 is 15.9 Å². The summed E-state index contributed by atoms with van der Waals surface area (Å²) < 4.78 is 27.5. The van der Waals surface area contributed by atoms with Gasteiger partial charge in [0.15, 0.2) is 0 Å². The summed E-state index contributed by atoms with van der Waals surface area (Å²) in [6.45, 7) is 1.68. The van der Waals surface area contributed by atoms with Crippen LogP contribution in [0.5, 0.6) is 5.75 Å². The molecule has 29 heavy (non-hydrogen) atoms. The quantitative estimate of drug-likeness (QED) is 0.429. The standard InChI is InChI=1S/C21H19N3O4S/c1-15(22-23-21(26)19-12-5-6-13-20(19)25)16-8-7-9-17(14-16)24-29(27,28)18-10-3-2-4-11-18/h2-14,24-25H,1H3,(H,23,26). The van der Waals surface area contributed by atoms with Crippen molar-refractivity contribution < 1.29 is 18.3 Å². The number of anilines is 1. The summed E-state index contributed by atoms with van der Waals surface area (Å²) in [5, 5.41) is 13.8. The van der Waals surface area contributed by atoms with Crippen molar-refractivity contribution in [2.45, 2.75) is 11.8 Å². The van der Waals surface area contributed by atoms with Gasteiger partial charge in [-0.3, -0.25) is 9.52 Å². The third-order valence-electron chi connectivity index (χ3n) is 4.06. The summed E-state index contributed by atoms with van der Waals surface area (Å²) in [5.74, 6) is -0.696. The molecule has 148 valence electrons. The zero-order valence-corrected chi connectivity index (χ0v) is 16.3. The first kappa shape index (κ1) is 20.1. The molecule has 0 heterocycles. The second-order valence-electron chi connectivity index (χ2n) is 6.15. The Kier molecular flexibility index (Phi) is 5.94. The number of amides is 1. The lowest BCUT2D eigenvalue weighted by Crippen LogP contribution is -2.19. The number of hydrazone groups is 1. The average molecular weight is 409 g/mol. The van der Waals surface area contributed by atoms with Crippen molar-refractivity contribution in [2.75, 3.05) is 4.72 Å². The van der Waals surface area contributed by atoms with Crippen LogP contribution in [0.3, 0.4) is 0 Å². The van der Waals surface area contributed by atoms with E-state index in [0.717, 1.165) is 0 Å². The SMILES string of the molecule is CC(=NNC(=O)c1ccccc1O)c1cccc(NS(=O)(=O)c2ccccc2)c1. The molecule has 0 aliphatic carbocycles. The largest absolute Gasteiger partial charge is 0.507 e. The molecular weight excluding hydrogens is 390 g/mol. The molecule has 0 fully saturated rings. The molecule has 3 rings (SSSR count). The first-order valence-corrected chi connectivity index (χ1v) is 10.2. The number of nitrogens with zero attached hydrogens (tertiary/aromatic N) is 1.